The summed E-state index contributed by atoms with van der Waals surface area (Å²) < 4.78 is 27.9. The normalized spacial score (nSPS) is 12.7. The van der Waals surface area contributed by atoms with Crippen molar-refractivity contribution in [3.63, 3.8) is 0 Å². The molecule has 0 spiro atoms. The first kappa shape index (κ1) is 17.7. The molecule has 5 heteroatoms. The topological polar surface area (TPSA) is 37.4 Å². The van der Waals surface area contributed by atoms with Gasteiger partial charge in [0.15, 0.2) is 0 Å². The quantitative estimate of drug-likeness (QED) is 0.765. The highest BCUT2D eigenvalue weighted by Crippen LogP contribution is 2.27. The average Bonchev–Trinajstić information content (AvgIpc) is 2.26. The minimum Gasteiger partial charge on any atom is -0.207 e. The van der Waals surface area contributed by atoms with E-state index in [-0.39, 0.29) is 0 Å². The summed E-state index contributed by atoms with van der Waals surface area (Å²) in [5, 5.41) is 0. The largest absolute Gasteiger partial charge is 0.244 e. The van der Waals surface area contributed by atoms with Crippen LogP contribution < -0.4 is 0 Å². The van der Waals surface area contributed by atoms with Crippen LogP contribution in [0.4, 0.5) is 0 Å². The predicted octanol–water partition coefficient (Wildman–Crippen LogP) is 4.06. The summed E-state index contributed by atoms with van der Waals surface area (Å²) in [6.07, 6.45) is 0. The second kappa shape index (κ2) is 7.05. The Kier molecular flexibility index (Phi) is 6.23. The zero-order chi connectivity index (χ0) is 15.5. The highest BCUT2D eigenvalue weighted by atomic mass is 79.9. The van der Waals surface area contributed by atoms with Crippen LogP contribution in [-0.4, -0.2) is 25.8 Å². The lowest BCUT2D eigenvalue weighted by molar-refractivity contribution is 0.333. The zero-order valence-corrected chi connectivity index (χ0v) is 15.3. The van der Waals surface area contributed by atoms with Gasteiger partial charge >= 0.3 is 0 Å². The number of sulfonamides is 1. The molecule has 0 heterocycles. The average molecular weight is 362 g/mol. The Morgan fingerprint density at radius 2 is 1.60 bits per heavy atom. The van der Waals surface area contributed by atoms with E-state index in [1.807, 2.05) is 46.8 Å². The molecular formula is C15H24BrNO2S. The molecule has 20 heavy (non-hydrogen) atoms. The minimum absolute atomic E-state index is 0.299. The summed E-state index contributed by atoms with van der Waals surface area (Å²) in [6.45, 7) is 11.2. The molecular weight excluding hydrogens is 338 g/mol. The van der Waals surface area contributed by atoms with Gasteiger partial charge in [0.05, 0.1) is 4.90 Å². The number of hydrogen-bond acceptors (Lipinski definition) is 2. The summed E-state index contributed by atoms with van der Waals surface area (Å²) in [7, 11) is -3.45. The van der Waals surface area contributed by atoms with Gasteiger partial charge in [-0.3, -0.25) is 0 Å². The van der Waals surface area contributed by atoms with E-state index in [1.165, 1.54) is 0 Å². The fourth-order valence-electron chi connectivity index (χ4n) is 2.04. The van der Waals surface area contributed by atoms with Gasteiger partial charge in [0.25, 0.3) is 0 Å². The fraction of sp³-hybridized carbons (Fsp3) is 0.600. The van der Waals surface area contributed by atoms with E-state index in [9.17, 15) is 8.42 Å². The lowest BCUT2D eigenvalue weighted by atomic mass is 10.2. The molecule has 1 rings (SSSR count). The van der Waals surface area contributed by atoms with Crippen LogP contribution in [-0.2, 0) is 10.0 Å². The lowest BCUT2D eigenvalue weighted by Gasteiger charge is -2.26. The standard InChI is InChI=1S/C15H24BrNO2S/c1-11(2)9-17(10-12(3)4)20(18,19)15-7-6-13(5)8-14(15)16/h6-8,11-12H,9-10H2,1-5H3. The van der Waals surface area contributed by atoms with Crippen molar-refractivity contribution in [2.24, 2.45) is 11.8 Å². The third kappa shape index (κ3) is 4.57. The van der Waals surface area contributed by atoms with Gasteiger partial charge in [0, 0.05) is 17.6 Å². The van der Waals surface area contributed by atoms with Gasteiger partial charge in [0.2, 0.25) is 10.0 Å². The molecule has 0 bridgehead atoms. The van der Waals surface area contributed by atoms with Crippen molar-refractivity contribution >= 4 is 26.0 Å². The summed E-state index contributed by atoms with van der Waals surface area (Å²) in [5.74, 6) is 0.598. The molecule has 3 nitrogen and oxygen atoms in total. The molecule has 0 aliphatic rings. The molecule has 0 radical (unpaired) electrons. The molecule has 0 N–H and O–H groups in total. The van der Waals surface area contributed by atoms with Crippen LogP contribution >= 0.6 is 15.9 Å². The minimum atomic E-state index is -3.45. The number of aryl methyl sites for hydroxylation is 1. The zero-order valence-electron chi connectivity index (χ0n) is 12.9. The molecule has 0 amide bonds. The highest BCUT2D eigenvalue weighted by molar-refractivity contribution is 9.10. The van der Waals surface area contributed by atoms with E-state index in [1.54, 1.807) is 10.4 Å². The first-order valence-electron chi connectivity index (χ1n) is 6.91. The molecule has 0 saturated carbocycles. The van der Waals surface area contributed by atoms with Crippen molar-refractivity contribution in [3.05, 3.63) is 28.2 Å². The second-order valence-electron chi connectivity index (χ2n) is 6.04. The Hall–Kier alpha value is -0.390. The molecule has 0 saturated heterocycles. The fourth-order valence-corrected chi connectivity index (χ4v) is 4.96. The molecule has 1 aromatic rings. The maximum atomic E-state index is 12.8. The molecule has 0 aliphatic carbocycles. The molecule has 0 unspecified atom stereocenters. The number of rotatable bonds is 6. The number of halogens is 1. The van der Waals surface area contributed by atoms with Crippen molar-refractivity contribution in [2.75, 3.05) is 13.1 Å². The number of hydrogen-bond donors (Lipinski definition) is 0. The maximum Gasteiger partial charge on any atom is 0.244 e. The molecule has 0 atom stereocenters. The van der Waals surface area contributed by atoms with Crippen molar-refractivity contribution < 1.29 is 8.42 Å². The van der Waals surface area contributed by atoms with Gasteiger partial charge < -0.3 is 0 Å². The van der Waals surface area contributed by atoms with Crippen LogP contribution in [0, 0.1) is 18.8 Å². The van der Waals surface area contributed by atoms with Crippen molar-refractivity contribution in [1.29, 1.82) is 0 Å². The van der Waals surface area contributed by atoms with E-state index < -0.39 is 10.0 Å². The van der Waals surface area contributed by atoms with Gasteiger partial charge in [-0.1, -0.05) is 33.8 Å². The highest BCUT2D eigenvalue weighted by Gasteiger charge is 2.27. The monoisotopic (exact) mass is 361 g/mol. The molecule has 0 aromatic heterocycles. The van der Waals surface area contributed by atoms with Crippen LogP contribution in [0.25, 0.3) is 0 Å². The maximum absolute atomic E-state index is 12.8. The molecule has 114 valence electrons. The number of nitrogens with zero attached hydrogens (tertiary/aromatic N) is 1. The predicted molar refractivity (Wildman–Crippen MR) is 87.3 cm³/mol. The Balaban J connectivity index is 3.21. The van der Waals surface area contributed by atoms with E-state index >= 15 is 0 Å². The summed E-state index contributed by atoms with van der Waals surface area (Å²) >= 11 is 3.38. The van der Waals surface area contributed by atoms with E-state index in [2.05, 4.69) is 15.9 Å². The second-order valence-corrected chi connectivity index (χ2v) is 8.80. The first-order chi connectivity index (χ1) is 9.14. The van der Waals surface area contributed by atoms with Crippen molar-refractivity contribution in [2.45, 2.75) is 39.5 Å². The van der Waals surface area contributed by atoms with Gasteiger partial charge in [-0.05, 0) is 52.4 Å². The van der Waals surface area contributed by atoms with Gasteiger partial charge in [-0.25, -0.2) is 8.42 Å². The third-order valence-corrected chi connectivity index (χ3v) is 5.65. The summed E-state index contributed by atoms with van der Waals surface area (Å²) in [4.78, 5) is 0.351. The van der Waals surface area contributed by atoms with E-state index in [0.717, 1.165) is 5.56 Å². The van der Waals surface area contributed by atoms with Crippen LogP contribution in [0.5, 0.6) is 0 Å². The molecule has 1 aromatic carbocycles. The van der Waals surface area contributed by atoms with E-state index in [4.69, 9.17) is 0 Å². The van der Waals surface area contributed by atoms with Gasteiger partial charge in [-0.15, -0.1) is 0 Å². The molecule has 0 fully saturated rings. The third-order valence-electron chi connectivity index (χ3n) is 2.84. The Morgan fingerprint density at radius 1 is 1.10 bits per heavy atom. The smallest absolute Gasteiger partial charge is 0.207 e. The Labute approximate surface area is 131 Å². The number of benzene rings is 1. The van der Waals surface area contributed by atoms with E-state index in [0.29, 0.717) is 34.3 Å². The Bertz CT molecular complexity index is 543. The summed E-state index contributed by atoms with van der Waals surface area (Å²) in [5.41, 5.74) is 1.04. The summed E-state index contributed by atoms with van der Waals surface area (Å²) in [6, 6.07) is 5.36. The van der Waals surface area contributed by atoms with Gasteiger partial charge in [-0.2, -0.15) is 4.31 Å². The first-order valence-corrected chi connectivity index (χ1v) is 9.14. The lowest BCUT2D eigenvalue weighted by Crippen LogP contribution is -2.37. The SMILES string of the molecule is Cc1ccc(S(=O)(=O)N(CC(C)C)CC(C)C)c(Br)c1. The van der Waals surface area contributed by atoms with Crippen LogP contribution in [0.3, 0.4) is 0 Å². The van der Waals surface area contributed by atoms with Crippen LogP contribution in [0.1, 0.15) is 33.3 Å². The molecule has 0 aliphatic heterocycles. The van der Waals surface area contributed by atoms with Crippen LogP contribution in [0.15, 0.2) is 27.6 Å². The Morgan fingerprint density at radius 3 is 2.00 bits per heavy atom. The van der Waals surface area contributed by atoms with Crippen LogP contribution in [0.2, 0.25) is 0 Å². The van der Waals surface area contributed by atoms with Crippen molar-refractivity contribution in [1.82, 2.24) is 4.31 Å². The van der Waals surface area contributed by atoms with Gasteiger partial charge in [0.1, 0.15) is 0 Å². The van der Waals surface area contributed by atoms with Crippen molar-refractivity contribution in [3.8, 4) is 0 Å².